The van der Waals surface area contributed by atoms with Crippen molar-refractivity contribution in [1.29, 1.82) is 0 Å². The molecule has 0 aromatic heterocycles. The van der Waals surface area contributed by atoms with E-state index in [9.17, 15) is 4.79 Å². The first-order valence-corrected chi connectivity index (χ1v) is 4.76. The fraction of sp³-hybridized carbons (Fsp3) is 0.889. The van der Waals surface area contributed by atoms with Crippen molar-refractivity contribution in [2.24, 2.45) is 5.92 Å². The van der Waals surface area contributed by atoms with Crippen molar-refractivity contribution >= 4 is 5.91 Å². The van der Waals surface area contributed by atoms with E-state index in [0.717, 1.165) is 13.2 Å². The highest BCUT2D eigenvalue weighted by molar-refractivity contribution is 5.83. The zero-order valence-corrected chi connectivity index (χ0v) is 8.09. The van der Waals surface area contributed by atoms with Gasteiger partial charge in [-0.1, -0.05) is 13.8 Å². The maximum absolute atomic E-state index is 11.4. The summed E-state index contributed by atoms with van der Waals surface area (Å²) in [5.74, 6) is 0.449. The van der Waals surface area contributed by atoms with Crippen LogP contribution in [0.25, 0.3) is 0 Å². The van der Waals surface area contributed by atoms with E-state index in [1.165, 1.54) is 0 Å². The molecule has 4 heteroatoms. The molecule has 0 bridgehead atoms. The molecule has 2 aliphatic rings. The van der Waals surface area contributed by atoms with Crippen LogP contribution in [-0.4, -0.2) is 37.2 Å². The standard InChI is InChI=1S/C9H16N2O2/c1-6(2)7-8(12)10-3-9(11-7)4-13-5-9/h6-7,11H,3-5H2,1-2H3,(H,10,12)/t7-/m0/s1. The Balaban J connectivity index is 2.05. The third-order valence-corrected chi connectivity index (χ3v) is 2.77. The number of amides is 1. The van der Waals surface area contributed by atoms with Crippen LogP contribution >= 0.6 is 0 Å². The lowest BCUT2D eigenvalue weighted by Crippen LogP contribution is -2.75. The molecule has 4 nitrogen and oxygen atoms in total. The van der Waals surface area contributed by atoms with Crippen LogP contribution in [0.4, 0.5) is 0 Å². The Morgan fingerprint density at radius 1 is 1.54 bits per heavy atom. The van der Waals surface area contributed by atoms with E-state index in [0.29, 0.717) is 12.5 Å². The molecule has 0 aromatic carbocycles. The number of hydrogen-bond acceptors (Lipinski definition) is 3. The highest BCUT2D eigenvalue weighted by Crippen LogP contribution is 2.21. The maximum Gasteiger partial charge on any atom is 0.237 e. The number of carbonyl (C=O) groups excluding carboxylic acids is 1. The molecule has 0 aromatic rings. The van der Waals surface area contributed by atoms with Crippen LogP contribution in [0.5, 0.6) is 0 Å². The van der Waals surface area contributed by atoms with Crippen LogP contribution in [0.3, 0.4) is 0 Å². The summed E-state index contributed by atoms with van der Waals surface area (Å²) >= 11 is 0. The van der Waals surface area contributed by atoms with Crippen molar-refractivity contribution < 1.29 is 9.53 Å². The van der Waals surface area contributed by atoms with Gasteiger partial charge in [0.05, 0.1) is 24.8 Å². The van der Waals surface area contributed by atoms with Crippen molar-refractivity contribution in [3.8, 4) is 0 Å². The van der Waals surface area contributed by atoms with Gasteiger partial charge in [-0.3, -0.25) is 10.1 Å². The van der Waals surface area contributed by atoms with Crippen LogP contribution in [0.1, 0.15) is 13.8 Å². The molecule has 2 heterocycles. The smallest absolute Gasteiger partial charge is 0.237 e. The zero-order chi connectivity index (χ0) is 9.47. The monoisotopic (exact) mass is 184 g/mol. The molecule has 1 atom stereocenters. The van der Waals surface area contributed by atoms with Gasteiger partial charge in [-0.2, -0.15) is 0 Å². The topological polar surface area (TPSA) is 50.4 Å². The van der Waals surface area contributed by atoms with E-state index < -0.39 is 0 Å². The predicted molar refractivity (Wildman–Crippen MR) is 48.3 cm³/mol. The Kier molecular flexibility index (Phi) is 2.04. The first-order valence-electron chi connectivity index (χ1n) is 4.76. The number of carbonyl (C=O) groups is 1. The summed E-state index contributed by atoms with van der Waals surface area (Å²) in [4.78, 5) is 11.4. The van der Waals surface area contributed by atoms with Gasteiger partial charge in [-0.05, 0) is 5.92 Å². The van der Waals surface area contributed by atoms with E-state index in [2.05, 4.69) is 24.5 Å². The fourth-order valence-electron chi connectivity index (χ4n) is 1.82. The minimum Gasteiger partial charge on any atom is -0.377 e. The summed E-state index contributed by atoms with van der Waals surface area (Å²) in [5.41, 5.74) is 0.0306. The van der Waals surface area contributed by atoms with Crippen molar-refractivity contribution in [3.05, 3.63) is 0 Å². The highest BCUT2D eigenvalue weighted by Gasteiger charge is 2.45. The van der Waals surface area contributed by atoms with Crippen molar-refractivity contribution in [2.45, 2.75) is 25.4 Å². The van der Waals surface area contributed by atoms with Crippen LogP contribution < -0.4 is 10.6 Å². The predicted octanol–water partition coefficient (Wildman–Crippen LogP) is -0.501. The molecule has 1 amide bonds. The van der Waals surface area contributed by atoms with E-state index in [1.54, 1.807) is 0 Å². The summed E-state index contributed by atoms with van der Waals surface area (Å²) in [5, 5.41) is 6.30. The van der Waals surface area contributed by atoms with Gasteiger partial charge in [0, 0.05) is 6.54 Å². The maximum atomic E-state index is 11.4. The third-order valence-electron chi connectivity index (χ3n) is 2.77. The van der Waals surface area contributed by atoms with Crippen LogP contribution in [0.15, 0.2) is 0 Å². The quantitative estimate of drug-likeness (QED) is 0.577. The van der Waals surface area contributed by atoms with E-state index in [4.69, 9.17) is 4.74 Å². The number of rotatable bonds is 1. The molecule has 2 aliphatic heterocycles. The molecule has 0 unspecified atom stereocenters. The Morgan fingerprint density at radius 3 is 2.69 bits per heavy atom. The Labute approximate surface area is 78.0 Å². The number of hydrogen-bond donors (Lipinski definition) is 2. The lowest BCUT2D eigenvalue weighted by molar-refractivity contribution is -0.138. The van der Waals surface area contributed by atoms with Gasteiger partial charge in [-0.15, -0.1) is 0 Å². The Morgan fingerprint density at radius 2 is 2.23 bits per heavy atom. The number of ether oxygens (including phenoxy) is 1. The SMILES string of the molecule is CC(C)[C@@H]1NC2(CNC1=O)COC2. The second-order valence-electron chi connectivity index (χ2n) is 4.36. The molecular formula is C9H16N2O2. The summed E-state index contributed by atoms with van der Waals surface area (Å²) < 4.78 is 5.17. The zero-order valence-electron chi connectivity index (χ0n) is 8.09. The molecule has 2 fully saturated rings. The van der Waals surface area contributed by atoms with Gasteiger partial charge >= 0.3 is 0 Å². The molecule has 74 valence electrons. The third kappa shape index (κ3) is 1.44. The average molecular weight is 184 g/mol. The lowest BCUT2D eigenvalue weighted by atomic mass is 9.89. The summed E-state index contributed by atoms with van der Waals surface area (Å²) in [6.07, 6.45) is 0. The van der Waals surface area contributed by atoms with Crippen molar-refractivity contribution in [3.63, 3.8) is 0 Å². The van der Waals surface area contributed by atoms with Gasteiger partial charge in [-0.25, -0.2) is 0 Å². The lowest BCUT2D eigenvalue weighted by Gasteiger charge is -2.48. The van der Waals surface area contributed by atoms with Crippen LogP contribution in [0, 0.1) is 5.92 Å². The molecule has 2 rings (SSSR count). The largest absolute Gasteiger partial charge is 0.377 e. The van der Waals surface area contributed by atoms with Gasteiger partial charge < -0.3 is 10.1 Å². The van der Waals surface area contributed by atoms with Crippen LogP contribution in [-0.2, 0) is 9.53 Å². The molecule has 0 radical (unpaired) electrons. The fourth-order valence-corrected chi connectivity index (χ4v) is 1.82. The molecule has 1 spiro atoms. The highest BCUT2D eigenvalue weighted by atomic mass is 16.5. The van der Waals surface area contributed by atoms with E-state index in [-0.39, 0.29) is 17.5 Å². The van der Waals surface area contributed by atoms with Gasteiger partial charge in [0.25, 0.3) is 0 Å². The van der Waals surface area contributed by atoms with Gasteiger partial charge in [0.2, 0.25) is 5.91 Å². The summed E-state index contributed by atoms with van der Waals surface area (Å²) in [7, 11) is 0. The summed E-state index contributed by atoms with van der Waals surface area (Å²) in [6.45, 7) is 6.24. The van der Waals surface area contributed by atoms with E-state index >= 15 is 0 Å². The molecule has 0 saturated carbocycles. The minimum atomic E-state index is -0.0577. The Hall–Kier alpha value is -0.610. The van der Waals surface area contributed by atoms with Gasteiger partial charge in [0.1, 0.15) is 0 Å². The average Bonchev–Trinajstić information content (AvgIpc) is 2.02. The van der Waals surface area contributed by atoms with E-state index in [1.807, 2.05) is 0 Å². The first kappa shape index (κ1) is 8.97. The summed E-state index contributed by atoms with van der Waals surface area (Å²) in [6, 6.07) is -0.0577. The molecule has 13 heavy (non-hydrogen) atoms. The molecule has 2 N–H and O–H groups in total. The normalized spacial score (nSPS) is 31.6. The number of nitrogens with one attached hydrogen (secondary N) is 2. The second kappa shape index (κ2) is 2.96. The van der Waals surface area contributed by atoms with Crippen LogP contribution in [0.2, 0.25) is 0 Å². The van der Waals surface area contributed by atoms with Gasteiger partial charge in [0.15, 0.2) is 0 Å². The van der Waals surface area contributed by atoms with Crippen molar-refractivity contribution in [2.75, 3.05) is 19.8 Å². The molecular weight excluding hydrogens is 168 g/mol. The molecule has 2 saturated heterocycles. The Bertz CT molecular complexity index is 224. The second-order valence-corrected chi connectivity index (χ2v) is 4.36. The van der Waals surface area contributed by atoms with Crippen molar-refractivity contribution in [1.82, 2.24) is 10.6 Å². The number of piperazine rings is 1. The molecule has 0 aliphatic carbocycles. The minimum absolute atomic E-state index is 0.0306. The first-order chi connectivity index (χ1) is 6.13.